The molecule has 8 heteroatoms. The standard InChI is InChI=1S/C24H19FN2O4S/c1-16-5-4-6-19(13-16)27-22(28)15-32(30,31)24(27)20-7-2-3-8-21(20)26(23(24)29)14-17-9-11-18(25)12-10-17/h2-13H,14-15H2,1H3/t24-/m0/s1. The van der Waals surface area contributed by atoms with Gasteiger partial charge >= 0.3 is 0 Å². The summed E-state index contributed by atoms with van der Waals surface area (Å²) in [5.74, 6) is -2.53. The second-order valence-corrected chi connectivity index (χ2v) is 10.1. The van der Waals surface area contributed by atoms with Gasteiger partial charge in [0.25, 0.3) is 10.8 Å². The lowest BCUT2D eigenvalue weighted by molar-refractivity contribution is -0.123. The summed E-state index contributed by atoms with van der Waals surface area (Å²) in [5.41, 5.74) is 2.48. The Labute approximate surface area is 184 Å². The number of para-hydroxylation sites is 1. The first-order valence-electron chi connectivity index (χ1n) is 10.0. The first-order valence-corrected chi connectivity index (χ1v) is 11.7. The molecule has 0 bridgehead atoms. The van der Waals surface area contributed by atoms with Crippen LogP contribution in [0.15, 0.2) is 72.8 Å². The van der Waals surface area contributed by atoms with Crippen molar-refractivity contribution in [1.29, 1.82) is 0 Å². The van der Waals surface area contributed by atoms with Crippen molar-refractivity contribution in [3.63, 3.8) is 0 Å². The molecule has 3 aromatic carbocycles. The Balaban J connectivity index is 1.73. The number of carbonyl (C=O) groups excluding carboxylic acids is 2. The number of fused-ring (bicyclic) bond motifs is 2. The van der Waals surface area contributed by atoms with E-state index in [9.17, 15) is 22.4 Å². The van der Waals surface area contributed by atoms with E-state index in [1.165, 1.54) is 17.0 Å². The third-order valence-electron chi connectivity index (χ3n) is 5.94. The number of anilines is 2. The SMILES string of the molecule is Cc1cccc(N2C(=O)CS(=O)(=O)[C@@]23C(=O)N(Cc2ccc(F)cc2)c2ccccc23)c1. The minimum absolute atomic E-state index is 0.0449. The second-order valence-electron chi connectivity index (χ2n) is 8.01. The van der Waals surface area contributed by atoms with Crippen LogP contribution in [0.5, 0.6) is 0 Å². The van der Waals surface area contributed by atoms with Crippen LogP contribution in [-0.2, 0) is 30.8 Å². The number of halogens is 1. The van der Waals surface area contributed by atoms with Crippen molar-refractivity contribution in [1.82, 2.24) is 0 Å². The maximum Gasteiger partial charge on any atom is 0.274 e. The summed E-state index contributed by atoms with van der Waals surface area (Å²) >= 11 is 0. The van der Waals surface area contributed by atoms with E-state index in [1.807, 2.05) is 13.0 Å². The van der Waals surface area contributed by atoms with Crippen LogP contribution in [0.3, 0.4) is 0 Å². The molecule has 0 radical (unpaired) electrons. The van der Waals surface area contributed by atoms with Crippen molar-refractivity contribution >= 4 is 33.0 Å². The van der Waals surface area contributed by atoms with Gasteiger partial charge in [0, 0.05) is 11.3 Å². The highest BCUT2D eigenvalue weighted by atomic mass is 32.2. The number of nitrogens with zero attached hydrogens (tertiary/aromatic N) is 2. The minimum atomic E-state index is -4.22. The molecule has 0 unspecified atom stereocenters. The third kappa shape index (κ3) is 2.72. The number of sulfone groups is 1. The fourth-order valence-corrected chi connectivity index (χ4v) is 6.62. The molecule has 1 fully saturated rings. The number of amides is 2. The summed E-state index contributed by atoms with van der Waals surface area (Å²) in [4.78, 5) is 27.3. The molecule has 2 aliphatic heterocycles. The predicted molar refractivity (Wildman–Crippen MR) is 118 cm³/mol. The number of hydrogen-bond acceptors (Lipinski definition) is 4. The first-order chi connectivity index (χ1) is 15.3. The molecule has 0 aliphatic carbocycles. The zero-order chi connectivity index (χ0) is 22.7. The fourth-order valence-electron chi connectivity index (χ4n) is 4.59. The normalized spacial score (nSPS) is 21.4. The van der Waals surface area contributed by atoms with Crippen LogP contribution in [0, 0.1) is 12.7 Å². The smallest absolute Gasteiger partial charge is 0.274 e. The lowest BCUT2D eigenvalue weighted by Gasteiger charge is -2.32. The molecule has 1 saturated heterocycles. The summed E-state index contributed by atoms with van der Waals surface area (Å²) < 4.78 is 40.4. The van der Waals surface area contributed by atoms with E-state index < -0.39 is 38.1 Å². The molecule has 2 amide bonds. The molecular weight excluding hydrogens is 431 g/mol. The van der Waals surface area contributed by atoms with Crippen molar-refractivity contribution < 1.29 is 22.4 Å². The topological polar surface area (TPSA) is 74.8 Å². The number of carbonyl (C=O) groups is 2. The van der Waals surface area contributed by atoms with E-state index in [2.05, 4.69) is 0 Å². The summed E-state index contributed by atoms with van der Waals surface area (Å²) in [6.45, 7) is 1.87. The van der Waals surface area contributed by atoms with Crippen molar-refractivity contribution in [3.8, 4) is 0 Å². The molecule has 0 aromatic heterocycles. The summed E-state index contributed by atoms with van der Waals surface area (Å²) in [6, 6.07) is 19.1. The molecule has 2 heterocycles. The van der Waals surface area contributed by atoms with E-state index in [0.717, 1.165) is 10.5 Å². The van der Waals surface area contributed by atoms with E-state index in [-0.39, 0.29) is 12.1 Å². The quantitative estimate of drug-likeness (QED) is 0.614. The van der Waals surface area contributed by atoms with Gasteiger partial charge in [0.1, 0.15) is 11.6 Å². The van der Waals surface area contributed by atoms with Crippen LogP contribution in [-0.4, -0.2) is 26.0 Å². The Kier molecular flexibility index (Phi) is 4.46. The lowest BCUT2D eigenvalue weighted by Crippen LogP contribution is -2.54. The second kappa shape index (κ2) is 7.00. The molecule has 1 atom stereocenters. The first kappa shape index (κ1) is 20.4. The zero-order valence-corrected chi connectivity index (χ0v) is 18.0. The Morgan fingerprint density at radius 2 is 1.69 bits per heavy atom. The van der Waals surface area contributed by atoms with Crippen LogP contribution in [0.25, 0.3) is 0 Å². The van der Waals surface area contributed by atoms with Crippen molar-refractivity contribution in [3.05, 3.63) is 95.3 Å². The highest BCUT2D eigenvalue weighted by Crippen LogP contribution is 2.52. The third-order valence-corrected chi connectivity index (χ3v) is 8.04. The lowest BCUT2D eigenvalue weighted by atomic mass is 10.0. The number of benzene rings is 3. The molecule has 6 nitrogen and oxygen atoms in total. The minimum Gasteiger partial charge on any atom is -0.304 e. The molecule has 162 valence electrons. The monoisotopic (exact) mass is 450 g/mol. The van der Waals surface area contributed by atoms with E-state index in [0.29, 0.717) is 16.9 Å². The van der Waals surface area contributed by atoms with E-state index >= 15 is 0 Å². The fraction of sp³-hybridized carbons (Fsp3) is 0.167. The van der Waals surface area contributed by atoms with Crippen LogP contribution in [0.4, 0.5) is 15.8 Å². The van der Waals surface area contributed by atoms with Gasteiger partial charge in [0.2, 0.25) is 5.91 Å². The van der Waals surface area contributed by atoms with Crippen molar-refractivity contribution in [2.24, 2.45) is 0 Å². The Bertz CT molecular complexity index is 1370. The van der Waals surface area contributed by atoms with Gasteiger partial charge in [-0.1, -0.05) is 42.5 Å². The largest absolute Gasteiger partial charge is 0.304 e. The van der Waals surface area contributed by atoms with Crippen LogP contribution in [0.1, 0.15) is 16.7 Å². The van der Waals surface area contributed by atoms with Gasteiger partial charge in [-0.25, -0.2) is 12.8 Å². The summed E-state index contributed by atoms with van der Waals surface area (Å²) in [7, 11) is -4.22. The highest BCUT2D eigenvalue weighted by molar-refractivity contribution is 7.94. The maximum absolute atomic E-state index is 14.0. The van der Waals surface area contributed by atoms with Gasteiger partial charge in [-0.2, -0.15) is 0 Å². The summed E-state index contributed by atoms with van der Waals surface area (Å²) in [6.07, 6.45) is 0. The van der Waals surface area contributed by atoms with Gasteiger partial charge < -0.3 is 4.90 Å². The molecule has 0 saturated carbocycles. The van der Waals surface area contributed by atoms with Crippen molar-refractivity contribution in [2.45, 2.75) is 18.3 Å². The average molecular weight is 450 g/mol. The molecule has 0 N–H and O–H groups in total. The van der Waals surface area contributed by atoms with Gasteiger partial charge in [-0.15, -0.1) is 0 Å². The Hall–Kier alpha value is -3.52. The molecular formula is C24H19FN2O4S. The van der Waals surface area contributed by atoms with Crippen LogP contribution >= 0.6 is 0 Å². The predicted octanol–water partition coefficient (Wildman–Crippen LogP) is 3.30. The van der Waals surface area contributed by atoms with Crippen LogP contribution in [0.2, 0.25) is 0 Å². The van der Waals surface area contributed by atoms with E-state index in [1.54, 1.807) is 54.6 Å². The molecule has 32 heavy (non-hydrogen) atoms. The highest BCUT2D eigenvalue weighted by Gasteiger charge is 2.69. The number of aryl methyl sites for hydroxylation is 1. The zero-order valence-electron chi connectivity index (χ0n) is 17.2. The van der Waals surface area contributed by atoms with Crippen molar-refractivity contribution in [2.75, 3.05) is 15.6 Å². The number of rotatable bonds is 3. The Morgan fingerprint density at radius 1 is 0.969 bits per heavy atom. The molecule has 1 spiro atoms. The van der Waals surface area contributed by atoms with Gasteiger partial charge in [-0.3, -0.25) is 14.5 Å². The Morgan fingerprint density at radius 3 is 2.41 bits per heavy atom. The van der Waals surface area contributed by atoms with Gasteiger partial charge in [0.15, 0.2) is 9.84 Å². The van der Waals surface area contributed by atoms with Gasteiger partial charge in [-0.05, 0) is 48.4 Å². The maximum atomic E-state index is 14.0. The van der Waals surface area contributed by atoms with Gasteiger partial charge in [0.05, 0.1) is 12.2 Å². The average Bonchev–Trinajstić information content (AvgIpc) is 3.12. The molecule has 2 aliphatic rings. The molecule has 3 aromatic rings. The summed E-state index contributed by atoms with van der Waals surface area (Å²) in [5, 5.41) is 0. The molecule has 5 rings (SSSR count). The van der Waals surface area contributed by atoms with E-state index in [4.69, 9.17) is 0 Å². The number of hydrogen-bond donors (Lipinski definition) is 0. The van der Waals surface area contributed by atoms with Crippen LogP contribution < -0.4 is 9.80 Å².